The molecule has 0 amide bonds. The second kappa shape index (κ2) is 9.57. The van der Waals surface area contributed by atoms with Crippen LogP contribution in [-0.4, -0.2) is 6.54 Å². The fraction of sp³-hybridized carbons (Fsp3) is 0.625. The van der Waals surface area contributed by atoms with Crippen LogP contribution in [0.5, 0.6) is 0 Å². The first-order chi connectivity index (χ1) is 8.74. The summed E-state index contributed by atoms with van der Waals surface area (Å²) in [5.74, 6) is 0. The van der Waals surface area contributed by atoms with Crippen LogP contribution < -0.4 is 5.32 Å². The maximum absolute atomic E-state index is 3.54. The molecule has 0 fully saturated rings. The lowest BCUT2D eigenvalue weighted by molar-refractivity contribution is 0.571. The Morgan fingerprint density at radius 1 is 1.06 bits per heavy atom. The summed E-state index contributed by atoms with van der Waals surface area (Å²) in [5.41, 5.74) is 2.77. The van der Waals surface area contributed by atoms with Crippen molar-refractivity contribution in [1.82, 2.24) is 5.32 Å². The van der Waals surface area contributed by atoms with Gasteiger partial charge in [0.05, 0.1) is 0 Å². The Bertz CT molecular complexity index is 336. The molecule has 0 atom stereocenters. The maximum atomic E-state index is 3.54. The van der Waals surface area contributed by atoms with E-state index in [1.54, 1.807) is 0 Å². The van der Waals surface area contributed by atoms with Crippen molar-refractivity contribution in [2.24, 2.45) is 0 Å². The van der Waals surface area contributed by atoms with Gasteiger partial charge in [-0.1, -0.05) is 61.0 Å². The number of rotatable bonds is 9. The molecule has 102 valence electrons. The summed E-state index contributed by atoms with van der Waals surface area (Å²) >= 11 is 3.50. The van der Waals surface area contributed by atoms with Crippen LogP contribution in [0.4, 0.5) is 0 Å². The molecule has 0 aromatic heterocycles. The highest BCUT2D eigenvalue weighted by Gasteiger charge is 1.98. The van der Waals surface area contributed by atoms with Crippen LogP contribution in [0.2, 0.25) is 0 Å². The van der Waals surface area contributed by atoms with Gasteiger partial charge in [0, 0.05) is 11.0 Å². The lowest BCUT2D eigenvalue weighted by Gasteiger charge is -2.08. The summed E-state index contributed by atoms with van der Waals surface area (Å²) in [6, 6.07) is 6.50. The predicted molar refractivity (Wildman–Crippen MR) is 84.0 cm³/mol. The predicted octanol–water partition coefficient (Wildman–Crippen LogP) is 5.21. The summed E-state index contributed by atoms with van der Waals surface area (Å²) in [5, 5.41) is 3.54. The summed E-state index contributed by atoms with van der Waals surface area (Å²) in [7, 11) is 0. The Balaban J connectivity index is 2.07. The smallest absolute Gasteiger partial charge is 0.0208 e. The van der Waals surface area contributed by atoms with Crippen molar-refractivity contribution < 1.29 is 0 Å². The molecule has 1 aromatic carbocycles. The molecule has 0 saturated carbocycles. The van der Waals surface area contributed by atoms with Gasteiger partial charge in [-0.25, -0.2) is 0 Å². The summed E-state index contributed by atoms with van der Waals surface area (Å²) < 4.78 is 1.17. The van der Waals surface area contributed by atoms with Gasteiger partial charge in [0.2, 0.25) is 0 Å². The first-order valence-electron chi connectivity index (χ1n) is 7.19. The minimum atomic E-state index is 0.994. The summed E-state index contributed by atoms with van der Waals surface area (Å²) in [6.45, 7) is 6.57. The maximum Gasteiger partial charge on any atom is 0.0208 e. The molecule has 0 saturated heterocycles. The van der Waals surface area contributed by atoms with Gasteiger partial charge in [0.1, 0.15) is 0 Å². The lowest BCUT2D eigenvalue weighted by Crippen LogP contribution is -2.15. The lowest BCUT2D eigenvalue weighted by atomic mass is 10.1. The second-order valence-electron chi connectivity index (χ2n) is 5.02. The van der Waals surface area contributed by atoms with Crippen molar-refractivity contribution >= 4 is 15.9 Å². The van der Waals surface area contributed by atoms with E-state index in [-0.39, 0.29) is 0 Å². The molecule has 0 heterocycles. The average molecular weight is 312 g/mol. The van der Waals surface area contributed by atoms with E-state index in [2.05, 4.69) is 53.3 Å². The first kappa shape index (κ1) is 15.7. The van der Waals surface area contributed by atoms with Crippen molar-refractivity contribution in [3.63, 3.8) is 0 Å². The van der Waals surface area contributed by atoms with E-state index in [0.717, 1.165) is 13.1 Å². The number of halogens is 1. The molecule has 1 N–H and O–H groups in total. The second-order valence-corrected chi connectivity index (χ2v) is 5.93. The van der Waals surface area contributed by atoms with Crippen LogP contribution in [0, 0.1) is 6.92 Å². The fourth-order valence-electron chi connectivity index (χ4n) is 2.11. The van der Waals surface area contributed by atoms with Gasteiger partial charge in [-0.15, -0.1) is 0 Å². The van der Waals surface area contributed by atoms with Crippen LogP contribution in [0.3, 0.4) is 0 Å². The van der Waals surface area contributed by atoms with E-state index in [1.165, 1.54) is 54.1 Å². The highest BCUT2D eigenvalue weighted by atomic mass is 79.9. The minimum Gasteiger partial charge on any atom is -0.313 e. The van der Waals surface area contributed by atoms with E-state index in [9.17, 15) is 0 Å². The molecular weight excluding hydrogens is 286 g/mol. The largest absolute Gasteiger partial charge is 0.313 e. The van der Waals surface area contributed by atoms with Gasteiger partial charge >= 0.3 is 0 Å². The van der Waals surface area contributed by atoms with Crippen LogP contribution in [0.15, 0.2) is 22.7 Å². The minimum absolute atomic E-state index is 0.994. The summed E-state index contributed by atoms with van der Waals surface area (Å²) in [4.78, 5) is 0. The van der Waals surface area contributed by atoms with Gasteiger partial charge in [-0.05, 0) is 43.1 Å². The molecule has 0 aliphatic carbocycles. The Labute approximate surface area is 120 Å². The molecule has 0 aliphatic heterocycles. The third-order valence-electron chi connectivity index (χ3n) is 3.33. The molecule has 1 aromatic rings. The molecule has 1 rings (SSSR count). The molecule has 0 radical (unpaired) electrons. The number of unbranched alkanes of at least 4 members (excludes halogenated alkanes) is 5. The molecule has 18 heavy (non-hydrogen) atoms. The number of aryl methyl sites for hydroxylation is 1. The molecular formula is C16H26BrN. The van der Waals surface area contributed by atoms with Crippen molar-refractivity contribution in [2.45, 2.75) is 58.9 Å². The van der Waals surface area contributed by atoms with Gasteiger partial charge in [-0.3, -0.25) is 0 Å². The van der Waals surface area contributed by atoms with Gasteiger partial charge in [0.15, 0.2) is 0 Å². The number of hydrogen-bond donors (Lipinski definition) is 1. The standard InChI is InChI=1S/C16H26BrN/c1-3-4-5-6-7-8-11-18-13-15-9-10-16(17)12-14(15)2/h9-10,12,18H,3-8,11,13H2,1-2H3. The zero-order valence-electron chi connectivity index (χ0n) is 11.8. The highest BCUT2D eigenvalue weighted by Crippen LogP contribution is 2.15. The molecule has 0 spiro atoms. The van der Waals surface area contributed by atoms with Crippen molar-refractivity contribution in [3.8, 4) is 0 Å². The quantitative estimate of drug-likeness (QED) is 0.617. The SMILES string of the molecule is CCCCCCCCNCc1ccc(Br)cc1C. The van der Waals surface area contributed by atoms with Gasteiger partial charge in [-0.2, -0.15) is 0 Å². The Morgan fingerprint density at radius 2 is 1.78 bits per heavy atom. The van der Waals surface area contributed by atoms with Crippen LogP contribution in [0.1, 0.15) is 56.6 Å². The third kappa shape index (κ3) is 6.55. The fourth-order valence-corrected chi connectivity index (χ4v) is 2.59. The molecule has 0 unspecified atom stereocenters. The van der Waals surface area contributed by atoms with E-state index >= 15 is 0 Å². The Hall–Kier alpha value is -0.340. The van der Waals surface area contributed by atoms with E-state index in [1.807, 2.05) is 0 Å². The van der Waals surface area contributed by atoms with E-state index < -0.39 is 0 Å². The van der Waals surface area contributed by atoms with Crippen molar-refractivity contribution in [1.29, 1.82) is 0 Å². The monoisotopic (exact) mass is 311 g/mol. The first-order valence-corrected chi connectivity index (χ1v) is 7.99. The Kier molecular flexibility index (Phi) is 8.36. The number of nitrogens with one attached hydrogen (secondary N) is 1. The van der Waals surface area contributed by atoms with E-state index in [4.69, 9.17) is 0 Å². The Morgan fingerprint density at radius 3 is 2.50 bits per heavy atom. The van der Waals surface area contributed by atoms with Crippen LogP contribution in [0.25, 0.3) is 0 Å². The van der Waals surface area contributed by atoms with Crippen LogP contribution in [-0.2, 0) is 6.54 Å². The van der Waals surface area contributed by atoms with Gasteiger partial charge in [0.25, 0.3) is 0 Å². The van der Waals surface area contributed by atoms with E-state index in [0.29, 0.717) is 0 Å². The number of benzene rings is 1. The van der Waals surface area contributed by atoms with Crippen molar-refractivity contribution in [2.75, 3.05) is 6.54 Å². The van der Waals surface area contributed by atoms with Crippen molar-refractivity contribution in [3.05, 3.63) is 33.8 Å². The topological polar surface area (TPSA) is 12.0 Å². The summed E-state index contributed by atoms with van der Waals surface area (Å²) in [6.07, 6.45) is 8.20. The zero-order chi connectivity index (χ0) is 13.2. The molecule has 0 aliphatic rings. The van der Waals surface area contributed by atoms with Crippen LogP contribution >= 0.6 is 15.9 Å². The van der Waals surface area contributed by atoms with Gasteiger partial charge < -0.3 is 5.32 Å². The molecule has 2 heteroatoms. The normalized spacial score (nSPS) is 10.8. The molecule has 0 bridgehead atoms. The average Bonchev–Trinajstić information content (AvgIpc) is 2.35. The highest BCUT2D eigenvalue weighted by molar-refractivity contribution is 9.10. The zero-order valence-corrected chi connectivity index (χ0v) is 13.4. The third-order valence-corrected chi connectivity index (χ3v) is 3.82. The number of hydrogen-bond acceptors (Lipinski definition) is 1. The molecule has 1 nitrogen and oxygen atoms in total.